The van der Waals surface area contributed by atoms with Crippen molar-refractivity contribution in [1.82, 2.24) is 0 Å². The second-order valence-electron chi connectivity index (χ2n) is 4.44. The van der Waals surface area contributed by atoms with E-state index in [1.807, 2.05) is 13.8 Å². The van der Waals surface area contributed by atoms with E-state index in [0.29, 0.717) is 11.3 Å². The number of hydrogen-bond donors (Lipinski definition) is 4. The Morgan fingerprint density at radius 3 is 2.53 bits per heavy atom. The molecule has 0 heterocycles. The lowest BCUT2D eigenvalue weighted by molar-refractivity contribution is 0.131. The first-order chi connectivity index (χ1) is 6.88. The maximum atomic E-state index is 9.65. The van der Waals surface area contributed by atoms with Gasteiger partial charge in [-0.05, 0) is 18.2 Å². The predicted molar refractivity (Wildman–Crippen MR) is 60.3 cm³/mol. The minimum Gasteiger partial charge on any atom is -0.508 e. The summed E-state index contributed by atoms with van der Waals surface area (Å²) in [5, 5.41) is 18.8. The Morgan fingerprint density at radius 2 is 2.00 bits per heavy atom. The van der Waals surface area contributed by atoms with E-state index in [-0.39, 0.29) is 12.4 Å². The van der Waals surface area contributed by atoms with E-state index in [4.69, 9.17) is 11.5 Å². The van der Waals surface area contributed by atoms with Gasteiger partial charge in [-0.3, -0.25) is 0 Å². The molecule has 1 aromatic rings. The number of aromatic hydroxyl groups is 1. The van der Waals surface area contributed by atoms with Gasteiger partial charge in [-0.25, -0.2) is 0 Å². The molecule has 0 saturated carbocycles. The fourth-order valence-corrected chi connectivity index (χ4v) is 1.34. The van der Waals surface area contributed by atoms with Gasteiger partial charge in [-0.1, -0.05) is 13.8 Å². The highest BCUT2D eigenvalue weighted by Gasteiger charge is 2.28. The Hall–Kier alpha value is -1.26. The fraction of sp³-hybridized carbons (Fsp3) is 0.455. The predicted octanol–water partition coefficient (Wildman–Crippen LogP) is 0.993. The number of hydrogen-bond acceptors (Lipinski definition) is 4. The molecule has 0 radical (unpaired) electrons. The van der Waals surface area contributed by atoms with E-state index in [2.05, 4.69) is 0 Å². The third-order valence-corrected chi connectivity index (χ3v) is 2.64. The molecule has 4 heteroatoms. The first-order valence-electron chi connectivity index (χ1n) is 4.83. The van der Waals surface area contributed by atoms with Gasteiger partial charge >= 0.3 is 0 Å². The van der Waals surface area contributed by atoms with Gasteiger partial charge in [-0.2, -0.15) is 0 Å². The van der Waals surface area contributed by atoms with Gasteiger partial charge in [0.15, 0.2) is 0 Å². The van der Waals surface area contributed by atoms with Crippen molar-refractivity contribution in [3.8, 4) is 5.75 Å². The topological polar surface area (TPSA) is 92.5 Å². The molecule has 0 fully saturated rings. The molecule has 0 aliphatic carbocycles. The van der Waals surface area contributed by atoms with Gasteiger partial charge < -0.3 is 21.7 Å². The molecule has 0 spiro atoms. The van der Waals surface area contributed by atoms with E-state index in [1.165, 1.54) is 6.07 Å². The summed E-state index contributed by atoms with van der Waals surface area (Å²) >= 11 is 0. The minimum absolute atomic E-state index is 0.0532. The van der Waals surface area contributed by atoms with E-state index >= 15 is 0 Å². The summed E-state index contributed by atoms with van der Waals surface area (Å²) in [5.74, 6) is 0.109. The zero-order valence-electron chi connectivity index (χ0n) is 9.07. The SMILES string of the molecule is CC(C)(CO)C(N)c1cc(N)ccc1O. The Bertz CT molecular complexity index is 350. The molecule has 4 nitrogen and oxygen atoms in total. The third-order valence-electron chi connectivity index (χ3n) is 2.64. The number of aliphatic hydroxyl groups excluding tert-OH is 1. The standard InChI is InChI=1S/C11H18N2O2/c1-11(2,6-14)10(13)8-5-7(12)3-4-9(8)15/h3-5,10,14-15H,6,12-13H2,1-2H3. The molecule has 1 unspecified atom stereocenters. The number of nitrogen functional groups attached to an aromatic ring is 1. The average Bonchev–Trinajstić information content (AvgIpc) is 2.20. The van der Waals surface area contributed by atoms with Crippen molar-refractivity contribution in [2.45, 2.75) is 19.9 Å². The maximum absolute atomic E-state index is 9.65. The summed E-state index contributed by atoms with van der Waals surface area (Å²) in [7, 11) is 0. The van der Waals surface area contributed by atoms with Crippen LogP contribution in [0.25, 0.3) is 0 Å². The highest BCUT2D eigenvalue weighted by atomic mass is 16.3. The van der Waals surface area contributed by atoms with Gasteiger partial charge in [0, 0.05) is 29.3 Å². The van der Waals surface area contributed by atoms with Crippen molar-refractivity contribution in [1.29, 1.82) is 0 Å². The quantitative estimate of drug-likeness (QED) is 0.442. The number of aliphatic hydroxyl groups is 1. The van der Waals surface area contributed by atoms with E-state index in [0.717, 1.165) is 0 Å². The van der Waals surface area contributed by atoms with Crippen LogP contribution >= 0.6 is 0 Å². The molecule has 0 aliphatic rings. The summed E-state index contributed by atoms with van der Waals surface area (Å²) in [5.41, 5.74) is 12.2. The summed E-state index contributed by atoms with van der Waals surface area (Å²) < 4.78 is 0. The monoisotopic (exact) mass is 210 g/mol. The molecule has 0 saturated heterocycles. The first-order valence-corrected chi connectivity index (χ1v) is 4.83. The molecular weight excluding hydrogens is 192 g/mol. The molecule has 84 valence electrons. The van der Waals surface area contributed by atoms with Crippen molar-refractivity contribution in [3.63, 3.8) is 0 Å². The number of rotatable bonds is 3. The Labute approximate surface area is 89.5 Å². The van der Waals surface area contributed by atoms with Gasteiger partial charge in [0.25, 0.3) is 0 Å². The lowest BCUT2D eigenvalue weighted by Crippen LogP contribution is -2.32. The maximum Gasteiger partial charge on any atom is 0.120 e. The van der Waals surface area contributed by atoms with Crippen LogP contribution in [0.4, 0.5) is 5.69 Å². The molecule has 0 bridgehead atoms. The van der Waals surface area contributed by atoms with Gasteiger partial charge in [0.2, 0.25) is 0 Å². The second kappa shape index (κ2) is 4.08. The summed E-state index contributed by atoms with van der Waals surface area (Å²) in [4.78, 5) is 0. The van der Waals surface area contributed by atoms with Crippen molar-refractivity contribution >= 4 is 5.69 Å². The third kappa shape index (κ3) is 2.40. The first kappa shape index (κ1) is 11.8. The Balaban J connectivity index is 3.10. The minimum atomic E-state index is -0.495. The van der Waals surface area contributed by atoms with Gasteiger partial charge in [-0.15, -0.1) is 0 Å². The second-order valence-corrected chi connectivity index (χ2v) is 4.44. The van der Waals surface area contributed by atoms with Crippen molar-refractivity contribution in [2.75, 3.05) is 12.3 Å². The highest BCUT2D eigenvalue weighted by Crippen LogP contribution is 2.35. The Morgan fingerprint density at radius 1 is 1.40 bits per heavy atom. The van der Waals surface area contributed by atoms with Crippen molar-refractivity contribution in [2.24, 2.45) is 11.1 Å². The number of phenolic OH excluding ortho intramolecular Hbond substituents is 1. The molecule has 0 aromatic heterocycles. The van der Waals surface area contributed by atoms with Crippen LogP contribution in [-0.4, -0.2) is 16.8 Å². The number of nitrogens with two attached hydrogens (primary N) is 2. The van der Waals surface area contributed by atoms with Gasteiger partial charge in [0.1, 0.15) is 5.75 Å². The molecule has 0 amide bonds. The van der Waals surface area contributed by atoms with Crippen LogP contribution in [0.3, 0.4) is 0 Å². The van der Waals surface area contributed by atoms with Crippen LogP contribution in [0.15, 0.2) is 18.2 Å². The summed E-state index contributed by atoms with van der Waals surface area (Å²) in [6.07, 6.45) is 0. The highest BCUT2D eigenvalue weighted by molar-refractivity contribution is 5.48. The molecule has 1 aromatic carbocycles. The molecule has 15 heavy (non-hydrogen) atoms. The van der Waals surface area contributed by atoms with E-state index in [1.54, 1.807) is 12.1 Å². The fourth-order valence-electron chi connectivity index (χ4n) is 1.34. The average molecular weight is 210 g/mol. The van der Waals surface area contributed by atoms with Gasteiger partial charge in [0.05, 0.1) is 0 Å². The molecule has 0 aliphatic heterocycles. The number of benzene rings is 1. The van der Waals surface area contributed by atoms with Crippen LogP contribution < -0.4 is 11.5 Å². The van der Waals surface area contributed by atoms with Crippen LogP contribution in [0, 0.1) is 5.41 Å². The lowest BCUT2D eigenvalue weighted by atomic mass is 9.81. The zero-order valence-corrected chi connectivity index (χ0v) is 9.07. The van der Waals surface area contributed by atoms with Crippen molar-refractivity contribution < 1.29 is 10.2 Å². The van der Waals surface area contributed by atoms with E-state index < -0.39 is 11.5 Å². The smallest absolute Gasteiger partial charge is 0.120 e. The molecule has 1 atom stereocenters. The summed E-state index contributed by atoms with van der Waals surface area (Å²) in [6, 6.07) is 4.30. The number of phenols is 1. The summed E-state index contributed by atoms with van der Waals surface area (Å²) in [6.45, 7) is 3.61. The number of anilines is 1. The Kier molecular flexibility index (Phi) is 3.21. The van der Waals surface area contributed by atoms with Crippen LogP contribution in [0.1, 0.15) is 25.5 Å². The largest absolute Gasteiger partial charge is 0.508 e. The zero-order chi connectivity index (χ0) is 11.6. The molecule has 1 rings (SSSR count). The normalized spacial score (nSPS) is 13.9. The lowest BCUT2D eigenvalue weighted by Gasteiger charge is -2.30. The van der Waals surface area contributed by atoms with E-state index in [9.17, 15) is 10.2 Å². The van der Waals surface area contributed by atoms with Crippen LogP contribution in [0.2, 0.25) is 0 Å². The van der Waals surface area contributed by atoms with Crippen LogP contribution in [0.5, 0.6) is 5.75 Å². The molecular formula is C11H18N2O2. The molecule has 6 N–H and O–H groups in total. The van der Waals surface area contributed by atoms with Crippen molar-refractivity contribution in [3.05, 3.63) is 23.8 Å². The van der Waals surface area contributed by atoms with Crippen LogP contribution in [-0.2, 0) is 0 Å².